The molecular formula is C18H25N5S. The van der Waals surface area contributed by atoms with E-state index in [0.29, 0.717) is 6.42 Å². The van der Waals surface area contributed by atoms with Crippen molar-refractivity contribution in [3.8, 4) is 5.69 Å². The summed E-state index contributed by atoms with van der Waals surface area (Å²) in [5.41, 5.74) is 4.41. The lowest BCUT2D eigenvalue weighted by Gasteiger charge is -2.34. The van der Waals surface area contributed by atoms with Crippen LogP contribution in [0.3, 0.4) is 0 Å². The largest absolute Gasteiger partial charge is 0.363 e. The van der Waals surface area contributed by atoms with Gasteiger partial charge in [-0.05, 0) is 38.1 Å². The number of rotatable bonds is 4. The Bertz CT molecular complexity index is 699. The lowest BCUT2D eigenvalue weighted by molar-refractivity contribution is 0.216. The fourth-order valence-electron chi connectivity index (χ4n) is 2.95. The Morgan fingerprint density at radius 1 is 1.12 bits per heavy atom. The number of nitrogens with zero attached hydrogens (tertiary/aromatic N) is 5. The quantitative estimate of drug-likeness (QED) is 0.796. The van der Waals surface area contributed by atoms with Crippen LogP contribution in [0.25, 0.3) is 5.69 Å². The molecule has 2 heterocycles. The minimum atomic E-state index is 0.692. The number of aryl methyl sites for hydroxylation is 1. The average molecular weight is 344 g/mol. The molecule has 0 bridgehead atoms. The lowest BCUT2D eigenvalue weighted by atomic mass is 10.1. The molecule has 0 atom stereocenters. The van der Waals surface area contributed by atoms with E-state index < -0.39 is 0 Å². The number of benzene rings is 1. The molecule has 6 heteroatoms. The van der Waals surface area contributed by atoms with Gasteiger partial charge in [-0.1, -0.05) is 36.5 Å². The van der Waals surface area contributed by atoms with Gasteiger partial charge in [-0.25, -0.2) is 4.68 Å². The molecule has 1 aromatic heterocycles. The van der Waals surface area contributed by atoms with E-state index in [4.69, 9.17) is 12.2 Å². The number of aromatic nitrogens is 3. The average Bonchev–Trinajstić information content (AvgIpc) is 2.96. The molecule has 0 N–H and O–H groups in total. The molecule has 24 heavy (non-hydrogen) atoms. The summed E-state index contributed by atoms with van der Waals surface area (Å²) in [6.45, 7) is 8.36. The molecule has 0 unspecified atom stereocenters. The van der Waals surface area contributed by atoms with Gasteiger partial charge in [0.1, 0.15) is 0 Å². The van der Waals surface area contributed by atoms with Gasteiger partial charge in [0, 0.05) is 32.6 Å². The smallest absolute Gasteiger partial charge is 0.0928 e. The van der Waals surface area contributed by atoms with E-state index in [2.05, 4.69) is 65.3 Å². The van der Waals surface area contributed by atoms with Gasteiger partial charge in [0.25, 0.3) is 0 Å². The van der Waals surface area contributed by atoms with Crippen LogP contribution in [0, 0.1) is 6.92 Å². The molecule has 0 aliphatic carbocycles. The summed E-state index contributed by atoms with van der Waals surface area (Å²) in [5, 5.41) is 8.70. The summed E-state index contributed by atoms with van der Waals surface area (Å²) in [7, 11) is 2.15. The SMILES string of the molecule is CCc1ccc(-n2nnc(CC(=S)N3CCN(C)CC3)c2C)cc1. The summed E-state index contributed by atoms with van der Waals surface area (Å²) in [4.78, 5) is 5.60. The Kier molecular flexibility index (Phi) is 5.26. The summed E-state index contributed by atoms with van der Waals surface area (Å²) in [6.07, 6.45) is 1.74. The van der Waals surface area contributed by atoms with Crippen molar-refractivity contribution in [1.82, 2.24) is 24.8 Å². The van der Waals surface area contributed by atoms with E-state index in [1.807, 2.05) is 4.68 Å². The monoisotopic (exact) mass is 343 g/mol. The summed E-state index contributed by atoms with van der Waals surface area (Å²) in [6, 6.07) is 8.49. The van der Waals surface area contributed by atoms with Gasteiger partial charge in [0.15, 0.2) is 0 Å². The van der Waals surface area contributed by atoms with Gasteiger partial charge in [0.2, 0.25) is 0 Å². The number of hydrogen-bond acceptors (Lipinski definition) is 4. The minimum absolute atomic E-state index is 0.692. The van der Waals surface area contributed by atoms with Crippen molar-refractivity contribution >= 4 is 17.2 Å². The molecule has 1 saturated heterocycles. The van der Waals surface area contributed by atoms with Crippen LogP contribution < -0.4 is 0 Å². The van der Waals surface area contributed by atoms with Crippen molar-refractivity contribution in [3.05, 3.63) is 41.2 Å². The van der Waals surface area contributed by atoms with Crippen molar-refractivity contribution in [2.24, 2.45) is 0 Å². The lowest BCUT2D eigenvalue weighted by Crippen LogP contribution is -2.47. The van der Waals surface area contributed by atoms with E-state index in [1.54, 1.807) is 0 Å². The van der Waals surface area contributed by atoms with Gasteiger partial charge in [0.05, 0.1) is 22.1 Å². The van der Waals surface area contributed by atoms with Gasteiger partial charge >= 0.3 is 0 Å². The predicted molar refractivity (Wildman–Crippen MR) is 101 cm³/mol. The van der Waals surface area contributed by atoms with Crippen molar-refractivity contribution in [2.75, 3.05) is 33.2 Å². The fraction of sp³-hybridized carbons (Fsp3) is 0.500. The van der Waals surface area contributed by atoms with Crippen LogP contribution in [0.2, 0.25) is 0 Å². The topological polar surface area (TPSA) is 37.2 Å². The van der Waals surface area contributed by atoms with Crippen LogP contribution in [-0.4, -0.2) is 63.0 Å². The molecule has 1 aliphatic rings. The Hall–Kier alpha value is -1.79. The highest BCUT2D eigenvalue weighted by Crippen LogP contribution is 2.15. The highest BCUT2D eigenvalue weighted by atomic mass is 32.1. The van der Waals surface area contributed by atoms with E-state index >= 15 is 0 Å². The van der Waals surface area contributed by atoms with Crippen LogP contribution in [0.4, 0.5) is 0 Å². The molecule has 1 aromatic carbocycles. The molecule has 0 spiro atoms. The second-order valence-corrected chi connectivity index (χ2v) is 6.89. The maximum absolute atomic E-state index is 5.64. The van der Waals surface area contributed by atoms with Crippen molar-refractivity contribution in [1.29, 1.82) is 0 Å². The van der Waals surface area contributed by atoms with Gasteiger partial charge in [-0.2, -0.15) is 0 Å². The van der Waals surface area contributed by atoms with Crippen molar-refractivity contribution in [3.63, 3.8) is 0 Å². The number of likely N-dealkylation sites (N-methyl/N-ethyl adjacent to an activating group) is 1. The first-order valence-corrected chi connectivity index (χ1v) is 8.96. The third kappa shape index (κ3) is 3.65. The molecule has 2 aromatic rings. The Balaban J connectivity index is 1.71. The molecule has 0 saturated carbocycles. The summed E-state index contributed by atoms with van der Waals surface area (Å²) >= 11 is 5.64. The molecule has 1 fully saturated rings. The van der Waals surface area contributed by atoms with Crippen LogP contribution in [0.15, 0.2) is 24.3 Å². The maximum atomic E-state index is 5.64. The summed E-state index contributed by atoms with van der Waals surface area (Å²) < 4.78 is 1.90. The highest BCUT2D eigenvalue weighted by Gasteiger charge is 2.19. The molecular weight excluding hydrogens is 318 g/mol. The van der Waals surface area contributed by atoms with E-state index in [0.717, 1.165) is 54.7 Å². The zero-order valence-corrected chi connectivity index (χ0v) is 15.5. The standard InChI is InChI=1S/C18H25N5S/c1-4-15-5-7-16(8-6-15)23-14(2)17(19-20-23)13-18(24)22-11-9-21(3)10-12-22/h5-8H,4,9-13H2,1-3H3. The molecule has 5 nitrogen and oxygen atoms in total. The van der Waals surface area contributed by atoms with Gasteiger partial charge in [-0.3, -0.25) is 0 Å². The van der Waals surface area contributed by atoms with Crippen LogP contribution in [0.1, 0.15) is 23.9 Å². The van der Waals surface area contributed by atoms with Crippen molar-refractivity contribution in [2.45, 2.75) is 26.7 Å². The predicted octanol–water partition coefficient (Wildman–Crippen LogP) is 2.26. The first kappa shape index (κ1) is 17.0. The summed E-state index contributed by atoms with van der Waals surface area (Å²) in [5.74, 6) is 0. The van der Waals surface area contributed by atoms with Crippen molar-refractivity contribution < 1.29 is 0 Å². The Morgan fingerprint density at radius 2 is 1.79 bits per heavy atom. The fourth-order valence-corrected chi connectivity index (χ4v) is 3.27. The third-order valence-electron chi connectivity index (χ3n) is 4.75. The van der Waals surface area contributed by atoms with Crippen LogP contribution >= 0.6 is 12.2 Å². The molecule has 3 rings (SSSR count). The number of thiocarbonyl (C=S) groups is 1. The first-order chi connectivity index (χ1) is 11.6. The van der Waals surface area contributed by atoms with Crippen LogP contribution in [-0.2, 0) is 12.8 Å². The Morgan fingerprint density at radius 3 is 2.42 bits per heavy atom. The first-order valence-electron chi connectivity index (χ1n) is 8.55. The normalized spacial score (nSPS) is 15.7. The maximum Gasteiger partial charge on any atom is 0.0928 e. The second kappa shape index (κ2) is 7.40. The number of piperazine rings is 1. The zero-order chi connectivity index (χ0) is 17.1. The number of hydrogen-bond donors (Lipinski definition) is 0. The van der Waals surface area contributed by atoms with E-state index in [9.17, 15) is 0 Å². The van der Waals surface area contributed by atoms with E-state index in [1.165, 1.54) is 5.56 Å². The molecule has 0 radical (unpaired) electrons. The van der Waals surface area contributed by atoms with Crippen LogP contribution in [0.5, 0.6) is 0 Å². The molecule has 0 amide bonds. The highest BCUT2D eigenvalue weighted by molar-refractivity contribution is 7.80. The molecule has 128 valence electrons. The molecule has 1 aliphatic heterocycles. The van der Waals surface area contributed by atoms with E-state index in [-0.39, 0.29) is 0 Å². The minimum Gasteiger partial charge on any atom is -0.363 e. The van der Waals surface area contributed by atoms with Gasteiger partial charge in [-0.15, -0.1) is 5.10 Å². The zero-order valence-electron chi connectivity index (χ0n) is 14.7. The second-order valence-electron chi connectivity index (χ2n) is 6.41. The third-order valence-corrected chi connectivity index (χ3v) is 5.16. The Labute approximate surface area is 149 Å². The van der Waals surface area contributed by atoms with Gasteiger partial charge < -0.3 is 9.80 Å².